The minimum Gasteiger partial charge on any atom is -0.334 e. The summed E-state index contributed by atoms with van der Waals surface area (Å²) in [5, 5.41) is 0.0249. The normalized spacial score (nSPS) is 14.8. The number of nitrogens with zero attached hydrogens (tertiary/aromatic N) is 1. The van der Waals surface area contributed by atoms with Gasteiger partial charge in [-0.1, -0.05) is 11.6 Å². The van der Waals surface area contributed by atoms with Gasteiger partial charge >= 0.3 is 0 Å². The zero-order valence-electron chi connectivity index (χ0n) is 9.13. The first-order chi connectivity index (χ1) is 8.13. The van der Waals surface area contributed by atoms with E-state index in [2.05, 4.69) is 0 Å². The summed E-state index contributed by atoms with van der Waals surface area (Å²) in [6.07, 6.45) is 2.00. The monoisotopic (exact) mass is 275 g/mol. The fourth-order valence-electron chi connectivity index (χ4n) is 1.72. The van der Waals surface area contributed by atoms with Crippen molar-refractivity contribution in [2.24, 2.45) is 0 Å². The fourth-order valence-corrected chi connectivity index (χ4v) is 2.02. The number of rotatable bonds is 4. The van der Waals surface area contributed by atoms with E-state index in [-0.39, 0.29) is 17.0 Å². The van der Waals surface area contributed by atoms with Crippen molar-refractivity contribution in [3.63, 3.8) is 0 Å². The molecule has 1 saturated carbocycles. The smallest absolute Gasteiger partial charge is 0.254 e. The molecule has 0 atom stereocenters. The highest BCUT2D eigenvalue weighted by Gasteiger charge is 2.32. The maximum atomic E-state index is 13.3. The Morgan fingerprint density at radius 2 is 2.18 bits per heavy atom. The van der Waals surface area contributed by atoms with Crippen LogP contribution in [0.4, 0.5) is 4.39 Å². The van der Waals surface area contributed by atoms with Crippen LogP contribution in [0, 0.1) is 5.82 Å². The van der Waals surface area contributed by atoms with Crippen LogP contribution in [0.3, 0.4) is 0 Å². The van der Waals surface area contributed by atoms with Gasteiger partial charge in [0, 0.05) is 24.0 Å². The van der Waals surface area contributed by atoms with Gasteiger partial charge in [-0.05, 0) is 31.0 Å². The van der Waals surface area contributed by atoms with Crippen LogP contribution in [-0.2, 0) is 0 Å². The molecule has 2 nitrogen and oxygen atoms in total. The third kappa shape index (κ3) is 2.90. The van der Waals surface area contributed by atoms with Gasteiger partial charge in [-0.25, -0.2) is 4.39 Å². The lowest BCUT2D eigenvalue weighted by atomic mass is 10.2. The van der Waals surface area contributed by atoms with Gasteiger partial charge in [0.05, 0.1) is 5.02 Å². The van der Waals surface area contributed by atoms with Gasteiger partial charge in [0.1, 0.15) is 5.82 Å². The lowest BCUT2D eigenvalue weighted by molar-refractivity contribution is 0.0753. The van der Waals surface area contributed by atoms with Crippen LogP contribution in [0.5, 0.6) is 0 Å². The van der Waals surface area contributed by atoms with Gasteiger partial charge in [-0.15, -0.1) is 11.6 Å². The van der Waals surface area contributed by atoms with Crippen molar-refractivity contribution < 1.29 is 9.18 Å². The van der Waals surface area contributed by atoms with E-state index in [4.69, 9.17) is 23.2 Å². The minimum atomic E-state index is -0.570. The third-order valence-corrected chi connectivity index (χ3v) is 3.22. The van der Waals surface area contributed by atoms with Gasteiger partial charge in [0.25, 0.3) is 5.91 Å². The number of amides is 1. The molecule has 0 aliphatic heterocycles. The fraction of sp³-hybridized carbons (Fsp3) is 0.417. The quantitative estimate of drug-likeness (QED) is 0.772. The molecule has 1 amide bonds. The first kappa shape index (κ1) is 12.7. The van der Waals surface area contributed by atoms with Crippen LogP contribution in [0.25, 0.3) is 0 Å². The largest absolute Gasteiger partial charge is 0.334 e. The summed E-state index contributed by atoms with van der Waals surface area (Å²) in [5.74, 6) is -0.360. The summed E-state index contributed by atoms with van der Waals surface area (Å²) in [6, 6.07) is 4.38. The summed E-state index contributed by atoms with van der Waals surface area (Å²) < 4.78 is 13.3. The number of halogens is 3. The predicted octanol–water partition coefficient (Wildman–Crippen LogP) is 3.32. The topological polar surface area (TPSA) is 20.3 Å². The van der Waals surface area contributed by atoms with Crippen LogP contribution in [0.15, 0.2) is 18.2 Å². The molecule has 0 saturated heterocycles. The second kappa shape index (κ2) is 5.23. The molecule has 1 aromatic carbocycles. The van der Waals surface area contributed by atoms with E-state index in [1.807, 2.05) is 0 Å². The molecule has 1 aromatic rings. The molecule has 1 aliphatic carbocycles. The molecule has 0 spiro atoms. The highest BCUT2D eigenvalue weighted by molar-refractivity contribution is 6.30. The maximum Gasteiger partial charge on any atom is 0.254 e. The molecule has 0 aromatic heterocycles. The van der Waals surface area contributed by atoms with Crippen molar-refractivity contribution in [1.29, 1.82) is 0 Å². The molecule has 2 rings (SSSR count). The zero-order chi connectivity index (χ0) is 12.4. The zero-order valence-corrected chi connectivity index (χ0v) is 10.6. The highest BCUT2D eigenvalue weighted by Crippen LogP contribution is 2.28. The van der Waals surface area contributed by atoms with Crippen molar-refractivity contribution >= 4 is 29.1 Å². The van der Waals surface area contributed by atoms with Crippen molar-refractivity contribution in [2.45, 2.75) is 18.9 Å². The maximum absolute atomic E-state index is 13.3. The molecule has 92 valence electrons. The molecule has 0 N–H and O–H groups in total. The molecule has 1 aliphatic rings. The lowest BCUT2D eigenvalue weighted by Crippen LogP contribution is -2.34. The number of alkyl halides is 1. The molecule has 0 heterocycles. The summed E-state index contributed by atoms with van der Waals surface area (Å²) in [5.41, 5.74) is 0.323. The van der Waals surface area contributed by atoms with E-state index in [1.165, 1.54) is 18.2 Å². The van der Waals surface area contributed by atoms with Gasteiger partial charge in [-0.3, -0.25) is 4.79 Å². The first-order valence-electron chi connectivity index (χ1n) is 5.45. The van der Waals surface area contributed by atoms with E-state index >= 15 is 0 Å². The van der Waals surface area contributed by atoms with Crippen molar-refractivity contribution in [3.05, 3.63) is 34.6 Å². The second-order valence-corrected chi connectivity index (χ2v) is 4.83. The van der Waals surface area contributed by atoms with Crippen molar-refractivity contribution in [2.75, 3.05) is 12.4 Å². The Bertz CT molecular complexity index is 435. The van der Waals surface area contributed by atoms with Crippen molar-refractivity contribution in [3.8, 4) is 0 Å². The first-order valence-corrected chi connectivity index (χ1v) is 6.36. The van der Waals surface area contributed by atoms with Crippen molar-refractivity contribution in [1.82, 2.24) is 4.90 Å². The number of benzene rings is 1. The molecule has 17 heavy (non-hydrogen) atoms. The van der Waals surface area contributed by atoms with E-state index in [0.717, 1.165) is 12.8 Å². The van der Waals surface area contributed by atoms with Crippen LogP contribution in [0.1, 0.15) is 23.2 Å². The predicted molar refractivity (Wildman–Crippen MR) is 66.2 cm³/mol. The molecule has 0 radical (unpaired) electrons. The Morgan fingerprint density at radius 3 is 2.71 bits per heavy atom. The second-order valence-electron chi connectivity index (χ2n) is 4.05. The minimum absolute atomic E-state index is 0.0249. The van der Waals surface area contributed by atoms with Crippen LogP contribution >= 0.6 is 23.2 Å². The number of carbonyl (C=O) groups is 1. The van der Waals surface area contributed by atoms with Gasteiger partial charge in [0.15, 0.2) is 0 Å². The Balaban J connectivity index is 2.19. The summed E-state index contributed by atoms with van der Waals surface area (Å²) in [4.78, 5) is 13.8. The summed E-state index contributed by atoms with van der Waals surface area (Å²) in [7, 11) is 0. The Morgan fingerprint density at radius 1 is 1.47 bits per heavy atom. The summed E-state index contributed by atoms with van der Waals surface area (Å²) in [6.45, 7) is 0.495. The van der Waals surface area contributed by atoms with Gasteiger partial charge < -0.3 is 4.90 Å². The van der Waals surface area contributed by atoms with E-state index in [0.29, 0.717) is 18.0 Å². The Labute approximate surface area is 109 Å². The molecule has 0 bridgehead atoms. The Kier molecular flexibility index (Phi) is 3.89. The van der Waals surface area contributed by atoms with E-state index < -0.39 is 5.82 Å². The van der Waals surface area contributed by atoms with Gasteiger partial charge in [-0.2, -0.15) is 0 Å². The van der Waals surface area contributed by atoms with Crippen LogP contribution in [-0.4, -0.2) is 29.3 Å². The SMILES string of the molecule is O=C(c1ccc(Cl)c(F)c1)N(CCCl)C1CC1. The Hall–Kier alpha value is -0.800. The molecular formula is C12H12Cl2FNO. The molecule has 0 unspecified atom stereocenters. The molecule has 1 fully saturated rings. The van der Waals surface area contributed by atoms with E-state index in [1.54, 1.807) is 4.90 Å². The number of hydrogen-bond acceptors (Lipinski definition) is 1. The van der Waals surface area contributed by atoms with Crippen LogP contribution < -0.4 is 0 Å². The van der Waals surface area contributed by atoms with Crippen LogP contribution in [0.2, 0.25) is 5.02 Å². The third-order valence-electron chi connectivity index (χ3n) is 2.74. The standard InChI is InChI=1S/C12H12Cl2FNO/c13-5-6-16(9-2-3-9)12(17)8-1-4-10(14)11(15)7-8/h1,4,7,9H,2-3,5-6H2. The lowest BCUT2D eigenvalue weighted by Gasteiger charge is -2.21. The molecular weight excluding hydrogens is 264 g/mol. The highest BCUT2D eigenvalue weighted by atomic mass is 35.5. The van der Waals surface area contributed by atoms with Gasteiger partial charge in [0.2, 0.25) is 0 Å². The number of hydrogen-bond donors (Lipinski definition) is 0. The average Bonchev–Trinajstić information content (AvgIpc) is 3.13. The summed E-state index contributed by atoms with van der Waals surface area (Å²) >= 11 is 11.2. The molecule has 5 heteroatoms. The average molecular weight is 276 g/mol. The van der Waals surface area contributed by atoms with E-state index in [9.17, 15) is 9.18 Å². The number of carbonyl (C=O) groups excluding carboxylic acids is 1.